The van der Waals surface area contributed by atoms with Crippen LogP contribution in [0.4, 0.5) is 0 Å². The summed E-state index contributed by atoms with van der Waals surface area (Å²) in [5.74, 6) is 1.69. The van der Waals surface area contributed by atoms with Crippen LogP contribution in [0.3, 0.4) is 0 Å². The fourth-order valence-corrected chi connectivity index (χ4v) is 5.70. The van der Waals surface area contributed by atoms with E-state index in [1.54, 1.807) is 0 Å². The van der Waals surface area contributed by atoms with Gasteiger partial charge in [-0.15, -0.1) is 0 Å². The monoisotopic (exact) mass is 444 g/mol. The standard InChI is InChI=1S/C30H21O2P/c1-4-12-22(13-5-1)24-20-27(23-14-6-2-7-15-23)30-28(21-24)26-18-10-11-19-29(26)33(32-30)31-25-16-8-3-9-17-25/h1-21H. The molecule has 0 aromatic heterocycles. The Hall–Kier alpha value is -3.87. The summed E-state index contributed by atoms with van der Waals surface area (Å²) in [7, 11) is -1.32. The first-order valence-electron chi connectivity index (χ1n) is 11.0. The predicted octanol–water partition coefficient (Wildman–Crippen LogP) is 8.10. The molecule has 0 radical (unpaired) electrons. The van der Waals surface area contributed by atoms with Crippen LogP contribution in [0.1, 0.15) is 0 Å². The maximum Gasteiger partial charge on any atom is 0.326 e. The molecule has 1 atom stereocenters. The lowest BCUT2D eigenvalue weighted by Gasteiger charge is -2.29. The predicted molar refractivity (Wildman–Crippen MR) is 137 cm³/mol. The summed E-state index contributed by atoms with van der Waals surface area (Å²) in [5, 5.41) is 1.09. The largest absolute Gasteiger partial charge is 0.435 e. The molecule has 2 nitrogen and oxygen atoms in total. The van der Waals surface area contributed by atoms with Gasteiger partial charge in [-0.1, -0.05) is 97.1 Å². The van der Waals surface area contributed by atoms with E-state index in [-0.39, 0.29) is 0 Å². The summed E-state index contributed by atoms with van der Waals surface area (Å²) in [5.41, 5.74) is 6.81. The SMILES string of the molecule is c1ccc(OP2Oc3c(-c4ccccc4)cc(-c4ccccc4)cc3-c3ccccc32)cc1. The summed E-state index contributed by atoms with van der Waals surface area (Å²) in [6.45, 7) is 0. The molecular formula is C30H21O2P. The van der Waals surface area contributed by atoms with Crippen LogP contribution in [0.2, 0.25) is 0 Å². The van der Waals surface area contributed by atoms with E-state index in [2.05, 4.69) is 84.9 Å². The molecule has 1 unspecified atom stereocenters. The molecule has 0 N–H and O–H groups in total. The van der Waals surface area contributed by atoms with Crippen molar-refractivity contribution in [2.45, 2.75) is 0 Å². The van der Waals surface area contributed by atoms with Gasteiger partial charge in [0.2, 0.25) is 0 Å². The number of fused-ring (bicyclic) bond motifs is 3. The fraction of sp³-hybridized carbons (Fsp3) is 0. The van der Waals surface area contributed by atoms with Crippen LogP contribution >= 0.6 is 8.38 Å². The smallest absolute Gasteiger partial charge is 0.326 e. The van der Waals surface area contributed by atoms with Crippen LogP contribution in [-0.2, 0) is 0 Å². The maximum atomic E-state index is 6.68. The number of hydrogen-bond donors (Lipinski definition) is 0. The molecule has 33 heavy (non-hydrogen) atoms. The lowest BCUT2D eigenvalue weighted by molar-refractivity contribution is 0.501. The van der Waals surface area contributed by atoms with E-state index < -0.39 is 8.38 Å². The van der Waals surface area contributed by atoms with Crippen molar-refractivity contribution in [2.24, 2.45) is 0 Å². The molecule has 0 fully saturated rings. The molecule has 1 aliphatic rings. The molecule has 0 saturated heterocycles. The van der Waals surface area contributed by atoms with Gasteiger partial charge in [-0.2, -0.15) is 0 Å². The first kappa shape index (κ1) is 19.8. The second-order valence-electron chi connectivity index (χ2n) is 7.90. The molecule has 0 spiro atoms. The highest BCUT2D eigenvalue weighted by molar-refractivity contribution is 7.57. The van der Waals surface area contributed by atoms with E-state index in [0.717, 1.165) is 39.1 Å². The zero-order valence-electron chi connectivity index (χ0n) is 17.9. The summed E-state index contributed by atoms with van der Waals surface area (Å²) in [6.07, 6.45) is 0. The van der Waals surface area contributed by atoms with Crippen molar-refractivity contribution in [1.82, 2.24) is 0 Å². The van der Waals surface area contributed by atoms with Crippen LogP contribution in [0.5, 0.6) is 11.5 Å². The molecule has 158 valence electrons. The first-order chi connectivity index (χ1) is 16.4. The van der Waals surface area contributed by atoms with Gasteiger partial charge < -0.3 is 9.05 Å². The first-order valence-corrected chi connectivity index (χ1v) is 12.1. The Morgan fingerprint density at radius 1 is 0.485 bits per heavy atom. The minimum Gasteiger partial charge on any atom is -0.435 e. The zero-order valence-corrected chi connectivity index (χ0v) is 18.8. The Balaban J connectivity index is 1.56. The Labute approximate surface area is 195 Å². The van der Waals surface area contributed by atoms with Crippen LogP contribution in [0.25, 0.3) is 33.4 Å². The highest BCUT2D eigenvalue weighted by Gasteiger charge is 2.31. The van der Waals surface area contributed by atoms with Gasteiger partial charge in [0.05, 0.1) is 5.30 Å². The Kier molecular flexibility index (Phi) is 5.14. The minimum absolute atomic E-state index is 0.809. The van der Waals surface area contributed by atoms with E-state index in [4.69, 9.17) is 9.05 Å². The zero-order chi connectivity index (χ0) is 22.0. The van der Waals surface area contributed by atoms with E-state index in [1.165, 1.54) is 11.1 Å². The van der Waals surface area contributed by atoms with Crippen LogP contribution < -0.4 is 14.4 Å². The van der Waals surface area contributed by atoms with Gasteiger partial charge in [0.15, 0.2) is 0 Å². The van der Waals surface area contributed by atoms with Gasteiger partial charge in [-0.25, -0.2) is 0 Å². The van der Waals surface area contributed by atoms with Crippen LogP contribution in [0, 0.1) is 0 Å². The van der Waals surface area contributed by atoms with E-state index in [0.29, 0.717) is 0 Å². The number of para-hydroxylation sites is 1. The molecule has 0 aliphatic carbocycles. The maximum absolute atomic E-state index is 6.68. The Morgan fingerprint density at radius 3 is 1.79 bits per heavy atom. The molecule has 1 heterocycles. The molecule has 5 aromatic rings. The molecule has 1 aliphatic heterocycles. The van der Waals surface area contributed by atoms with Gasteiger partial charge in [0, 0.05) is 11.1 Å². The topological polar surface area (TPSA) is 18.5 Å². The number of rotatable bonds is 4. The van der Waals surface area contributed by atoms with Gasteiger partial charge in [-0.3, -0.25) is 0 Å². The van der Waals surface area contributed by atoms with Gasteiger partial charge in [0.1, 0.15) is 11.5 Å². The summed E-state index contributed by atoms with van der Waals surface area (Å²) in [4.78, 5) is 0. The Morgan fingerprint density at radius 2 is 1.06 bits per heavy atom. The molecule has 3 heteroatoms. The highest BCUT2D eigenvalue weighted by atomic mass is 31.2. The quantitative estimate of drug-likeness (QED) is 0.261. The Bertz CT molecular complexity index is 1380. The molecule has 5 aromatic carbocycles. The van der Waals surface area contributed by atoms with E-state index in [9.17, 15) is 0 Å². The number of hydrogen-bond acceptors (Lipinski definition) is 2. The average molecular weight is 444 g/mol. The highest BCUT2D eigenvalue weighted by Crippen LogP contribution is 2.54. The molecule has 6 rings (SSSR count). The van der Waals surface area contributed by atoms with Crippen molar-refractivity contribution in [3.05, 3.63) is 127 Å². The van der Waals surface area contributed by atoms with Crippen molar-refractivity contribution < 1.29 is 9.05 Å². The van der Waals surface area contributed by atoms with E-state index >= 15 is 0 Å². The lowest BCUT2D eigenvalue weighted by atomic mass is 9.92. The third-order valence-corrected chi connectivity index (χ3v) is 7.29. The van der Waals surface area contributed by atoms with Crippen molar-refractivity contribution in [2.75, 3.05) is 0 Å². The molecule has 0 bridgehead atoms. The second kappa shape index (κ2) is 8.58. The molecule has 0 saturated carbocycles. The minimum atomic E-state index is -1.32. The molecule has 0 amide bonds. The number of benzene rings is 5. The van der Waals surface area contributed by atoms with Crippen LogP contribution in [-0.4, -0.2) is 0 Å². The van der Waals surface area contributed by atoms with Crippen molar-refractivity contribution in [1.29, 1.82) is 0 Å². The van der Waals surface area contributed by atoms with Crippen LogP contribution in [0.15, 0.2) is 127 Å². The fourth-order valence-electron chi connectivity index (χ4n) is 4.19. The summed E-state index contributed by atoms with van der Waals surface area (Å²) < 4.78 is 13.1. The molecular weight excluding hydrogens is 423 g/mol. The lowest BCUT2D eigenvalue weighted by Crippen LogP contribution is -2.17. The normalized spacial score (nSPS) is 14.0. The van der Waals surface area contributed by atoms with Crippen molar-refractivity contribution in [3.63, 3.8) is 0 Å². The van der Waals surface area contributed by atoms with Gasteiger partial charge >= 0.3 is 8.38 Å². The van der Waals surface area contributed by atoms with E-state index in [1.807, 2.05) is 42.5 Å². The summed E-state index contributed by atoms with van der Waals surface area (Å²) in [6, 6.07) is 43.7. The summed E-state index contributed by atoms with van der Waals surface area (Å²) >= 11 is 0. The third kappa shape index (κ3) is 3.80. The van der Waals surface area contributed by atoms with Gasteiger partial charge in [-0.05, 0) is 52.6 Å². The van der Waals surface area contributed by atoms with Crippen molar-refractivity contribution in [3.8, 4) is 44.9 Å². The third-order valence-electron chi connectivity index (χ3n) is 5.78. The second-order valence-corrected chi connectivity index (χ2v) is 9.26. The average Bonchev–Trinajstić information content (AvgIpc) is 2.90. The van der Waals surface area contributed by atoms with Crippen molar-refractivity contribution >= 4 is 13.7 Å². The van der Waals surface area contributed by atoms with Gasteiger partial charge in [0.25, 0.3) is 0 Å².